The third-order valence-electron chi connectivity index (χ3n) is 5.33. The Morgan fingerprint density at radius 2 is 2.07 bits per heavy atom. The molecule has 0 aliphatic carbocycles. The lowest BCUT2D eigenvalue weighted by atomic mass is 10.1. The Kier molecular flexibility index (Phi) is 5.51. The largest absolute Gasteiger partial charge is 0.358 e. The fraction of sp³-hybridized carbons (Fsp3) is 0.550. The smallest absolute Gasteiger partial charge is 0.194 e. The third kappa shape index (κ3) is 3.98. The maximum Gasteiger partial charge on any atom is 0.194 e. The summed E-state index contributed by atoms with van der Waals surface area (Å²) in [5.74, 6) is 0.976. The maximum absolute atomic E-state index is 12.3. The van der Waals surface area contributed by atoms with Crippen LogP contribution in [0.2, 0.25) is 0 Å². The van der Waals surface area contributed by atoms with Crippen molar-refractivity contribution in [2.24, 2.45) is 4.99 Å². The Morgan fingerprint density at radius 3 is 2.78 bits per heavy atom. The summed E-state index contributed by atoms with van der Waals surface area (Å²) >= 11 is 0. The zero-order chi connectivity index (χ0) is 19.7. The van der Waals surface area contributed by atoms with Gasteiger partial charge in [-0.2, -0.15) is 0 Å². The van der Waals surface area contributed by atoms with E-state index in [4.69, 9.17) is 4.99 Å². The molecule has 0 saturated carbocycles. The number of fused-ring (bicyclic) bond motifs is 1. The Hall–Kier alpha value is -2.02. The normalized spacial score (nSPS) is 19.4. The number of aryl methyl sites for hydroxylation is 1. The van der Waals surface area contributed by atoms with Crippen molar-refractivity contribution in [3.8, 4) is 0 Å². The molecule has 27 heavy (non-hydrogen) atoms. The average molecular weight is 391 g/mol. The SMILES string of the molecule is CCNC(=NCCc1c(C)[nH]c2ccccc12)N1CCS(=O)(=O)C(C)(C)C1. The monoisotopic (exact) mass is 390 g/mol. The van der Waals surface area contributed by atoms with E-state index in [0.29, 0.717) is 19.6 Å². The van der Waals surface area contributed by atoms with Crippen molar-refractivity contribution in [1.82, 2.24) is 15.2 Å². The van der Waals surface area contributed by atoms with Crippen LogP contribution in [0.3, 0.4) is 0 Å². The molecule has 0 amide bonds. The maximum atomic E-state index is 12.3. The number of aliphatic imine (C=N–C) groups is 1. The van der Waals surface area contributed by atoms with E-state index in [2.05, 4.69) is 40.3 Å². The van der Waals surface area contributed by atoms with Gasteiger partial charge in [-0.15, -0.1) is 0 Å². The molecule has 2 N–H and O–H groups in total. The number of aromatic amines is 1. The van der Waals surface area contributed by atoms with Gasteiger partial charge in [0, 0.05) is 42.8 Å². The van der Waals surface area contributed by atoms with Gasteiger partial charge in [-0.25, -0.2) is 8.42 Å². The Labute approximate surface area is 162 Å². The van der Waals surface area contributed by atoms with Crippen LogP contribution >= 0.6 is 0 Å². The quantitative estimate of drug-likeness (QED) is 0.621. The van der Waals surface area contributed by atoms with Crippen molar-refractivity contribution in [2.45, 2.75) is 38.9 Å². The summed E-state index contributed by atoms with van der Waals surface area (Å²) in [6.45, 7) is 10.1. The molecule has 0 spiro atoms. The summed E-state index contributed by atoms with van der Waals surface area (Å²) in [4.78, 5) is 10.3. The molecule has 1 aliphatic rings. The number of hydrogen-bond donors (Lipinski definition) is 2. The first-order valence-electron chi connectivity index (χ1n) is 9.57. The van der Waals surface area contributed by atoms with Gasteiger partial charge in [0.25, 0.3) is 0 Å². The second-order valence-electron chi connectivity index (χ2n) is 7.76. The Bertz CT molecular complexity index is 944. The topological polar surface area (TPSA) is 77.6 Å². The van der Waals surface area contributed by atoms with Crippen LogP contribution in [0.25, 0.3) is 10.9 Å². The minimum Gasteiger partial charge on any atom is -0.358 e. The van der Waals surface area contributed by atoms with Crippen molar-refractivity contribution in [2.75, 3.05) is 31.9 Å². The molecule has 0 unspecified atom stereocenters. The van der Waals surface area contributed by atoms with Gasteiger partial charge >= 0.3 is 0 Å². The van der Waals surface area contributed by atoms with Gasteiger partial charge in [-0.1, -0.05) is 18.2 Å². The fourth-order valence-electron chi connectivity index (χ4n) is 3.68. The van der Waals surface area contributed by atoms with Crippen molar-refractivity contribution >= 4 is 26.7 Å². The summed E-state index contributed by atoms with van der Waals surface area (Å²) in [6.07, 6.45) is 0.847. The molecule has 1 aromatic heterocycles. The molecular formula is C20H30N4O2S. The van der Waals surface area contributed by atoms with E-state index in [1.54, 1.807) is 13.8 Å². The summed E-state index contributed by atoms with van der Waals surface area (Å²) in [6, 6.07) is 8.33. The molecule has 1 saturated heterocycles. The van der Waals surface area contributed by atoms with Crippen LogP contribution in [-0.4, -0.2) is 60.9 Å². The van der Waals surface area contributed by atoms with Crippen LogP contribution in [0.5, 0.6) is 0 Å². The summed E-state index contributed by atoms with van der Waals surface area (Å²) in [5, 5.41) is 4.57. The lowest BCUT2D eigenvalue weighted by Gasteiger charge is -2.39. The van der Waals surface area contributed by atoms with Crippen molar-refractivity contribution in [1.29, 1.82) is 0 Å². The molecule has 2 aromatic rings. The van der Waals surface area contributed by atoms with Crippen LogP contribution in [-0.2, 0) is 16.3 Å². The second kappa shape index (κ2) is 7.54. The van der Waals surface area contributed by atoms with E-state index >= 15 is 0 Å². The zero-order valence-electron chi connectivity index (χ0n) is 16.7. The number of rotatable bonds is 4. The molecule has 0 radical (unpaired) electrons. The number of hydrogen-bond acceptors (Lipinski definition) is 3. The van der Waals surface area contributed by atoms with Gasteiger partial charge in [-0.3, -0.25) is 4.99 Å². The van der Waals surface area contributed by atoms with Crippen LogP contribution in [0.4, 0.5) is 0 Å². The van der Waals surface area contributed by atoms with Gasteiger partial charge in [-0.05, 0) is 45.7 Å². The predicted octanol–water partition coefficient (Wildman–Crippen LogP) is 2.49. The lowest BCUT2D eigenvalue weighted by molar-refractivity contribution is 0.353. The van der Waals surface area contributed by atoms with Gasteiger partial charge in [0.15, 0.2) is 15.8 Å². The molecule has 1 aliphatic heterocycles. The number of guanidine groups is 1. The molecule has 148 valence electrons. The van der Waals surface area contributed by atoms with Crippen molar-refractivity contribution < 1.29 is 8.42 Å². The summed E-state index contributed by atoms with van der Waals surface area (Å²) in [7, 11) is -3.06. The van der Waals surface area contributed by atoms with Crippen LogP contribution < -0.4 is 5.32 Å². The highest BCUT2D eigenvalue weighted by Crippen LogP contribution is 2.24. The minimum absolute atomic E-state index is 0.173. The van der Waals surface area contributed by atoms with Crippen LogP contribution in [0.15, 0.2) is 29.3 Å². The van der Waals surface area contributed by atoms with E-state index in [-0.39, 0.29) is 5.75 Å². The highest BCUT2D eigenvalue weighted by Gasteiger charge is 2.40. The van der Waals surface area contributed by atoms with Crippen LogP contribution in [0, 0.1) is 6.92 Å². The zero-order valence-corrected chi connectivity index (χ0v) is 17.5. The molecule has 0 bridgehead atoms. The highest BCUT2D eigenvalue weighted by atomic mass is 32.2. The number of H-pyrrole nitrogens is 1. The van der Waals surface area contributed by atoms with E-state index in [9.17, 15) is 8.42 Å². The average Bonchev–Trinajstić information content (AvgIpc) is 2.92. The first-order valence-corrected chi connectivity index (χ1v) is 11.2. The predicted molar refractivity (Wildman–Crippen MR) is 112 cm³/mol. The van der Waals surface area contributed by atoms with Crippen molar-refractivity contribution in [3.63, 3.8) is 0 Å². The molecule has 7 heteroatoms. The minimum atomic E-state index is -3.06. The van der Waals surface area contributed by atoms with Crippen LogP contribution in [0.1, 0.15) is 32.0 Å². The van der Waals surface area contributed by atoms with E-state index in [0.717, 1.165) is 24.4 Å². The first-order chi connectivity index (χ1) is 12.7. The number of aromatic nitrogens is 1. The molecule has 3 rings (SSSR count). The molecule has 1 fully saturated rings. The molecule has 6 nitrogen and oxygen atoms in total. The number of benzene rings is 1. The molecule has 1 aromatic carbocycles. The number of nitrogens with zero attached hydrogens (tertiary/aromatic N) is 2. The van der Waals surface area contributed by atoms with Crippen molar-refractivity contribution in [3.05, 3.63) is 35.5 Å². The van der Waals surface area contributed by atoms with Gasteiger partial charge in [0.05, 0.1) is 10.5 Å². The standard InChI is InChI=1S/C20H30N4O2S/c1-5-21-19(24-12-13-27(25,26)20(3,4)14-24)22-11-10-16-15(2)23-18-9-7-6-8-17(16)18/h6-9,23H,5,10-14H2,1-4H3,(H,21,22). The van der Waals surface area contributed by atoms with Gasteiger partial charge in [0.1, 0.15) is 0 Å². The number of nitrogens with one attached hydrogen (secondary N) is 2. The Balaban J connectivity index is 1.75. The highest BCUT2D eigenvalue weighted by molar-refractivity contribution is 7.92. The second-order valence-corrected chi connectivity index (χ2v) is 10.5. The van der Waals surface area contributed by atoms with Gasteiger partial charge < -0.3 is 15.2 Å². The van der Waals surface area contributed by atoms with Gasteiger partial charge in [0.2, 0.25) is 0 Å². The summed E-state index contributed by atoms with van der Waals surface area (Å²) in [5.41, 5.74) is 3.64. The van der Waals surface area contributed by atoms with E-state index in [1.807, 2.05) is 13.0 Å². The molecular weight excluding hydrogens is 360 g/mol. The molecule has 2 heterocycles. The van der Waals surface area contributed by atoms with E-state index < -0.39 is 14.6 Å². The molecule has 0 atom stereocenters. The Morgan fingerprint density at radius 1 is 1.33 bits per heavy atom. The lowest BCUT2D eigenvalue weighted by Crippen LogP contribution is -2.57. The fourth-order valence-corrected chi connectivity index (χ4v) is 5.05. The summed E-state index contributed by atoms with van der Waals surface area (Å²) < 4.78 is 23.8. The number of sulfone groups is 1. The third-order valence-corrected chi connectivity index (χ3v) is 7.86. The first kappa shape index (κ1) is 19.7. The number of para-hydroxylation sites is 1. The van der Waals surface area contributed by atoms with E-state index in [1.165, 1.54) is 16.6 Å².